The van der Waals surface area contributed by atoms with Crippen molar-refractivity contribution in [3.8, 4) is 11.5 Å². The van der Waals surface area contributed by atoms with E-state index in [-0.39, 0.29) is 23.8 Å². The molecule has 110 valence electrons. The summed E-state index contributed by atoms with van der Waals surface area (Å²) < 4.78 is 36.6. The highest BCUT2D eigenvalue weighted by Gasteiger charge is 2.16. The first-order chi connectivity index (χ1) is 10.0. The van der Waals surface area contributed by atoms with E-state index in [1.807, 2.05) is 0 Å². The zero-order valence-corrected chi connectivity index (χ0v) is 11.0. The van der Waals surface area contributed by atoms with Crippen LogP contribution in [0.15, 0.2) is 36.4 Å². The Bertz CT molecular complexity index is 676. The quantitative estimate of drug-likeness (QED) is 0.626. The molecule has 0 unspecified atom stereocenters. The second-order valence-corrected chi connectivity index (χ2v) is 4.13. The average molecular weight is 295 g/mol. The lowest BCUT2D eigenvalue weighted by Crippen LogP contribution is -2.00. The molecule has 5 nitrogen and oxygen atoms in total. The molecule has 0 heterocycles. The number of nitro groups is 1. The minimum atomic E-state index is -0.677. The van der Waals surface area contributed by atoms with Crippen LogP contribution in [0.4, 0.5) is 14.5 Å². The molecule has 0 aromatic heterocycles. The van der Waals surface area contributed by atoms with Crippen LogP contribution in [0, 0.1) is 21.7 Å². The standard InChI is InChI=1S/C14H11F2NO4/c1-20-13-5-2-9(6-11(13)16)8-21-14-7-10(15)3-4-12(14)17(18)19/h2-7H,8H2,1H3. The second kappa shape index (κ2) is 6.17. The Hall–Kier alpha value is -2.70. The maximum absolute atomic E-state index is 13.5. The van der Waals surface area contributed by atoms with Crippen LogP contribution in [-0.2, 0) is 6.61 Å². The summed E-state index contributed by atoms with van der Waals surface area (Å²) in [6.07, 6.45) is 0. The van der Waals surface area contributed by atoms with Crippen LogP contribution in [-0.4, -0.2) is 12.0 Å². The van der Waals surface area contributed by atoms with Gasteiger partial charge in [0.1, 0.15) is 12.4 Å². The molecule has 0 N–H and O–H groups in total. The molecule has 0 amide bonds. The van der Waals surface area contributed by atoms with E-state index in [1.54, 1.807) is 6.07 Å². The van der Waals surface area contributed by atoms with Gasteiger partial charge in [-0.1, -0.05) is 6.07 Å². The number of methoxy groups -OCH3 is 1. The summed E-state index contributed by atoms with van der Waals surface area (Å²) in [6.45, 7) is -0.134. The van der Waals surface area contributed by atoms with E-state index < -0.39 is 16.6 Å². The van der Waals surface area contributed by atoms with Crippen molar-refractivity contribution in [2.75, 3.05) is 7.11 Å². The maximum Gasteiger partial charge on any atom is 0.311 e. The summed E-state index contributed by atoms with van der Waals surface area (Å²) in [5.41, 5.74) is 0.0808. The number of ether oxygens (including phenoxy) is 2. The van der Waals surface area contributed by atoms with Gasteiger partial charge in [0.15, 0.2) is 17.3 Å². The van der Waals surface area contributed by atoms with Gasteiger partial charge in [-0.05, 0) is 23.8 Å². The van der Waals surface area contributed by atoms with E-state index >= 15 is 0 Å². The molecule has 21 heavy (non-hydrogen) atoms. The summed E-state index contributed by atoms with van der Waals surface area (Å²) in [5, 5.41) is 10.8. The van der Waals surface area contributed by atoms with Crippen molar-refractivity contribution >= 4 is 5.69 Å². The third-order valence-corrected chi connectivity index (χ3v) is 2.73. The second-order valence-electron chi connectivity index (χ2n) is 4.13. The van der Waals surface area contributed by atoms with Gasteiger partial charge >= 0.3 is 5.69 Å². The van der Waals surface area contributed by atoms with Crippen LogP contribution in [0.3, 0.4) is 0 Å². The van der Waals surface area contributed by atoms with Crippen LogP contribution >= 0.6 is 0 Å². The molecule has 0 aliphatic carbocycles. The molecule has 0 spiro atoms. The van der Waals surface area contributed by atoms with Crippen molar-refractivity contribution in [3.05, 3.63) is 63.7 Å². The fourth-order valence-electron chi connectivity index (χ4n) is 1.72. The van der Waals surface area contributed by atoms with Gasteiger partial charge in [-0.15, -0.1) is 0 Å². The van der Waals surface area contributed by atoms with E-state index in [0.717, 1.165) is 18.2 Å². The highest BCUT2D eigenvalue weighted by atomic mass is 19.1. The molecule has 0 aliphatic heterocycles. The summed E-state index contributed by atoms with van der Waals surface area (Å²) in [4.78, 5) is 10.1. The Kier molecular flexibility index (Phi) is 4.32. The first kappa shape index (κ1) is 14.7. The van der Waals surface area contributed by atoms with Gasteiger partial charge in [0.25, 0.3) is 0 Å². The van der Waals surface area contributed by atoms with E-state index in [0.29, 0.717) is 5.56 Å². The predicted octanol–water partition coefficient (Wildman–Crippen LogP) is 3.46. The molecule has 0 atom stereocenters. The summed E-state index contributed by atoms with van der Waals surface area (Å²) in [7, 11) is 1.34. The van der Waals surface area contributed by atoms with Crippen molar-refractivity contribution in [2.45, 2.75) is 6.61 Å². The molecular formula is C14H11F2NO4. The van der Waals surface area contributed by atoms with Crippen molar-refractivity contribution in [1.29, 1.82) is 0 Å². The maximum atomic E-state index is 13.5. The van der Waals surface area contributed by atoms with Crippen molar-refractivity contribution in [1.82, 2.24) is 0 Å². The molecule has 0 aliphatic rings. The van der Waals surface area contributed by atoms with Crippen LogP contribution in [0.25, 0.3) is 0 Å². The van der Waals surface area contributed by atoms with E-state index in [4.69, 9.17) is 9.47 Å². The zero-order valence-electron chi connectivity index (χ0n) is 11.0. The lowest BCUT2D eigenvalue weighted by atomic mass is 10.2. The topological polar surface area (TPSA) is 61.6 Å². The van der Waals surface area contributed by atoms with Gasteiger partial charge in [0.2, 0.25) is 0 Å². The Balaban J connectivity index is 2.18. The largest absolute Gasteiger partial charge is 0.494 e. The monoisotopic (exact) mass is 295 g/mol. The van der Waals surface area contributed by atoms with Gasteiger partial charge in [-0.3, -0.25) is 10.1 Å². The third kappa shape index (κ3) is 3.44. The Morgan fingerprint density at radius 1 is 1.14 bits per heavy atom. The molecule has 2 rings (SSSR count). The Labute approximate surface area is 118 Å². The van der Waals surface area contributed by atoms with Gasteiger partial charge in [-0.2, -0.15) is 0 Å². The zero-order chi connectivity index (χ0) is 15.4. The summed E-state index contributed by atoms with van der Waals surface area (Å²) in [6, 6.07) is 7.04. The van der Waals surface area contributed by atoms with Gasteiger partial charge in [-0.25, -0.2) is 8.78 Å². The number of rotatable bonds is 5. The van der Waals surface area contributed by atoms with Crippen molar-refractivity contribution in [3.63, 3.8) is 0 Å². The molecule has 0 radical (unpaired) electrons. The fraction of sp³-hybridized carbons (Fsp3) is 0.143. The molecule has 7 heteroatoms. The molecule has 0 bridgehead atoms. The number of hydrogen-bond donors (Lipinski definition) is 0. The number of hydrogen-bond acceptors (Lipinski definition) is 4. The van der Waals surface area contributed by atoms with E-state index in [2.05, 4.69) is 0 Å². The highest BCUT2D eigenvalue weighted by Crippen LogP contribution is 2.28. The predicted molar refractivity (Wildman–Crippen MR) is 70.3 cm³/mol. The summed E-state index contributed by atoms with van der Waals surface area (Å²) in [5.74, 6) is -1.37. The fourth-order valence-corrected chi connectivity index (χ4v) is 1.72. The number of nitrogens with zero attached hydrogens (tertiary/aromatic N) is 1. The first-order valence-corrected chi connectivity index (χ1v) is 5.90. The molecule has 2 aromatic carbocycles. The average Bonchev–Trinajstić information content (AvgIpc) is 2.45. The molecule has 2 aromatic rings. The Morgan fingerprint density at radius 2 is 1.90 bits per heavy atom. The Morgan fingerprint density at radius 3 is 2.52 bits per heavy atom. The van der Waals surface area contributed by atoms with E-state index in [9.17, 15) is 18.9 Å². The smallest absolute Gasteiger partial charge is 0.311 e. The number of nitro benzene ring substituents is 1. The SMILES string of the molecule is COc1ccc(COc2cc(F)ccc2[N+](=O)[O-])cc1F. The third-order valence-electron chi connectivity index (χ3n) is 2.73. The van der Waals surface area contributed by atoms with Crippen LogP contribution in [0.5, 0.6) is 11.5 Å². The van der Waals surface area contributed by atoms with Crippen molar-refractivity contribution in [2.24, 2.45) is 0 Å². The molecule has 0 fully saturated rings. The van der Waals surface area contributed by atoms with Gasteiger partial charge < -0.3 is 9.47 Å². The van der Waals surface area contributed by atoms with Gasteiger partial charge in [0, 0.05) is 12.1 Å². The minimum Gasteiger partial charge on any atom is -0.494 e. The van der Waals surface area contributed by atoms with Crippen molar-refractivity contribution < 1.29 is 23.2 Å². The summed E-state index contributed by atoms with van der Waals surface area (Å²) >= 11 is 0. The number of benzene rings is 2. The van der Waals surface area contributed by atoms with E-state index in [1.165, 1.54) is 19.2 Å². The highest BCUT2D eigenvalue weighted by molar-refractivity contribution is 5.46. The molecular weight excluding hydrogens is 284 g/mol. The molecule has 0 saturated heterocycles. The van der Waals surface area contributed by atoms with Crippen LogP contribution in [0.2, 0.25) is 0 Å². The molecule has 0 saturated carbocycles. The van der Waals surface area contributed by atoms with Crippen LogP contribution < -0.4 is 9.47 Å². The lowest BCUT2D eigenvalue weighted by molar-refractivity contribution is -0.386. The minimum absolute atomic E-state index is 0.0792. The van der Waals surface area contributed by atoms with Crippen LogP contribution in [0.1, 0.15) is 5.56 Å². The van der Waals surface area contributed by atoms with Gasteiger partial charge in [0.05, 0.1) is 12.0 Å². The first-order valence-electron chi connectivity index (χ1n) is 5.90. The number of halogens is 2. The normalized spacial score (nSPS) is 10.2. The lowest BCUT2D eigenvalue weighted by Gasteiger charge is -2.08.